The molecule has 0 radical (unpaired) electrons. The molecule has 186 valence electrons. The number of ether oxygens (including phenoxy) is 1. The molecule has 0 spiro atoms. The molecule has 0 amide bonds. The van der Waals surface area contributed by atoms with Gasteiger partial charge in [0.2, 0.25) is 0 Å². The van der Waals surface area contributed by atoms with Crippen molar-refractivity contribution in [1.82, 2.24) is 19.6 Å². The highest BCUT2D eigenvalue weighted by molar-refractivity contribution is 5.61. The SMILES string of the molecule is COc1cn(-c2cccc(N3CC(F)(F)C(F)(F)C3)c2F)nc(-c2ccnn2-c2ccccc2)c1=O. The Kier molecular flexibility index (Phi) is 5.53. The smallest absolute Gasteiger partial charge is 0.329 e. The van der Waals surface area contributed by atoms with E-state index >= 15 is 4.39 Å². The number of hydrogen-bond donors (Lipinski definition) is 0. The molecule has 1 aliphatic rings. The van der Waals surface area contributed by atoms with Crippen molar-refractivity contribution in [2.24, 2.45) is 0 Å². The number of benzene rings is 2. The third-order valence-corrected chi connectivity index (χ3v) is 5.85. The minimum atomic E-state index is -4.31. The van der Waals surface area contributed by atoms with E-state index in [-0.39, 0.29) is 22.8 Å². The summed E-state index contributed by atoms with van der Waals surface area (Å²) in [6.07, 6.45) is 2.59. The van der Waals surface area contributed by atoms with Crippen molar-refractivity contribution >= 4 is 5.69 Å². The minimum absolute atomic E-state index is 0.125. The van der Waals surface area contributed by atoms with E-state index in [1.54, 1.807) is 30.3 Å². The molecule has 12 heteroatoms. The molecule has 0 atom stereocenters. The van der Waals surface area contributed by atoms with Gasteiger partial charge in [0.15, 0.2) is 17.3 Å². The van der Waals surface area contributed by atoms with Crippen molar-refractivity contribution in [3.8, 4) is 28.5 Å². The number of methoxy groups -OCH3 is 1. The fourth-order valence-corrected chi connectivity index (χ4v) is 4.03. The Hall–Kier alpha value is -4.22. The van der Waals surface area contributed by atoms with Gasteiger partial charge in [0.1, 0.15) is 5.69 Å². The highest BCUT2D eigenvalue weighted by atomic mass is 19.3. The molecule has 0 unspecified atom stereocenters. The maximum atomic E-state index is 15.5. The number of aromatic nitrogens is 4. The third-order valence-electron chi connectivity index (χ3n) is 5.85. The third kappa shape index (κ3) is 3.78. The molecule has 1 saturated heterocycles. The van der Waals surface area contributed by atoms with Crippen LogP contribution in [0.15, 0.2) is 71.8 Å². The average Bonchev–Trinajstić information content (AvgIpc) is 3.41. The Morgan fingerprint density at radius 2 is 1.58 bits per heavy atom. The van der Waals surface area contributed by atoms with Gasteiger partial charge in [-0.15, -0.1) is 0 Å². The standard InChI is InChI=1S/C24H18F5N5O2/c1-36-19-12-33(17-9-5-8-16(20(17)25)32-13-23(26,27)24(28,29)14-32)31-21(22(19)35)18-10-11-30-34(18)15-6-3-2-4-7-15/h2-12H,13-14H2,1H3. The van der Waals surface area contributed by atoms with Gasteiger partial charge in [-0.25, -0.2) is 13.8 Å². The zero-order valence-electron chi connectivity index (χ0n) is 18.7. The highest BCUT2D eigenvalue weighted by Gasteiger charge is 2.63. The van der Waals surface area contributed by atoms with Crippen molar-refractivity contribution in [2.75, 3.05) is 25.1 Å². The van der Waals surface area contributed by atoms with Crippen molar-refractivity contribution in [3.05, 3.63) is 83.0 Å². The van der Waals surface area contributed by atoms with Gasteiger partial charge in [-0.05, 0) is 30.3 Å². The fraction of sp³-hybridized carbons (Fsp3) is 0.208. The summed E-state index contributed by atoms with van der Waals surface area (Å²) < 4.78 is 78.2. The maximum Gasteiger partial charge on any atom is 0.329 e. The summed E-state index contributed by atoms with van der Waals surface area (Å²) in [5.41, 5.74) is -0.496. The zero-order chi connectivity index (χ0) is 25.7. The van der Waals surface area contributed by atoms with Gasteiger partial charge in [0.05, 0.1) is 49.7 Å². The van der Waals surface area contributed by atoms with E-state index in [4.69, 9.17) is 4.74 Å². The maximum absolute atomic E-state index is 15.5. The second kappa shape index (κ2) is 8.47. The summed E-state index contributed by atoms with van der Waals surface area (Å²) in [5.74, 6) is -9.86. The second-order valence-electron chi connectivity index (χ2n) is 8.16. The van der Waals surface area contributed by atoms with Crippen molar-refractivity contribution in [3.63, 3.8) is 0 Å². The molecule has 1 fully saturated rings. The van der Waals surface area contributed by atoms with E-state index in [0.29, 0.717) is 10.6 Å². The first-order valence-corrected chi connectivity index (χ1v) is 10.7. The Morgan fingerprint density at radius 1 is 0.917 bits per heavy atom. The van der Waals surface area contributed by atoms with Gasteiger partial charge in [-0.1, -0.05) is 24.3 Å². The number of para-hydroxylation sites is 1. The Labute approximate surface area is 201 Å². The van der Waals surface area contributed by atoms with E-state index in [1.165, 1.54) is 30.1 Å². The molecule has 4 aromatic rings. The molecule has 0 saturated carbocycles. The molecule has 36 heavy (non-hydrogen) atoms. The van der Waals surface area contributed by atoms with E-state index in [9.17, 15) is 22.4 Å². The van der Waals surface area contributed by atoms with E-state index in [0.717, 1.165) is 16.9 Å². The van der Waals surface area contributed by atoms with E-state index in [1.807, 2.05) is 6.07 Å². The minimum Gasteiger partial charge on any atom is -0.491 e. The van der Waals surface area contributed by atoms with Crippen LogP contribution in [0.1, 0.15) is 0 Å². The van der Waals surface area contributed by atoms with Gasteiger partial charge in [-0.3, -0.25) is 4.79 Å². The first-order chi connectivity index (χ1) is 17.1. The first-order valence-electron chi connectivity index (χ1n) is 10.7. The van der Waals surface area contributed by atoms with E-state index < -0.39 is 41.9 Å². The average molecular weight is 503 g/mol. The summed E-state index contributed by atoms with van der Waals surface area (Å²) in [6.45, 7) is -2.69. The molecule has 0 N–H and O–H groups in total. The largest absolute Gasteiger partial charge is 0.491 e. The number of alkyl halides is 4. The summed E-state index contributed by atoms with van der Waals surface area (Å²) in [5, 5.41) is 8.51. The molecule has 7 nitrogen and oxygen atoms in total. The molecule has 3 heterocycles. The van der Waals surface area contributed by atoms with Crippen molar-refractivity contribution in [1.29, 1.82) is 0 Å². The van der Waals surface area contributed by atoms with Gasteiger partial charge in [-0.2, -0.15) is 27.8 Å². The second-order valence-corrected chi connectivity index (χ2v) is 8.16. The molecule has 1 aliphatic heterocycles. The van der Waals surface area contributed by atoms with Crippen LogP contribution in [0.2, 0.25) is 0 Å². The first kappa shape index (κ1) is 23.5. The van der Waals surface area contributed by atoms with Crippen LogP contribution in [0.5, 0.6) is 5.75 Å². The lowest BCUT2D eigenvalue weighted by Gasteiger charge is -2.20. The summed E-state index contributed by atoms with van der Waals surface area (Å²) in [7, 11) is 1.25. The Bertz CT molecular complexity index is 1470. The summed E-state index contributed by atoms with van der Waals surface area (Å²) >= 11 is 0. The quantitative estimate of drug-likeness (QED) is 0.380. The van der Waals surface area contributed by atoms with Crippen molar-refractivity contribution in [2.45, 2.75) is 11.8 Å². The van der Waals surface area contributed by atoms with Crippen LogP contribution in [0.3, 0.4) is 0 Å². The van der Waals surface area contributed by atoms with Crippen LogP contribution >= 0.6 is 0 Å². The van der Waals surface area contributed by atoms with Gasteiger partial charge < -0.3 is 9.64 Å². The van der Waals surface area contributed by atoms with Crippen LogP contribution in [0, 0.1) is 5.82 Å². The molecule has 0 bridgehead atoms. The predicted molar refractivity (Wildman–Crippen MR) is 121 cm³/mol. The van der Waals surface area contributed by atoms with Gasteiger partial charge >= 0.3 is 11.8 Å². The lowest BCUT2D eigenvalue weighted by molar-refractivity contribution is -0.172. The van der Waals surface area contributed by atoms with Crippen LogP contribution in [0.25, 0.3) is 22.8 Å². The lowest BCUT2D eigenvalue weighted by atomic mass is 10.2. The normalized spacial score (nSPS) is 16.3. The molecular weight excluding hydrogens is 485 g/mol. The summed E-state index contributed by atoms with van der Waals surface area (Å²) in [4.78, 5) is 13.6. The topological polar surface area (TPSA) is 65.2 Å². The van der Waals surface area contributed by atoms with E-state index in [2.05, 4.69) is 10.2 Å². The number of hydrogen-bond acceptors (Lipinski definition) is 5. The molecule has 2 aromatic heterocycles. The molecule has 5 rings (SSSR count). The molecule has 0 aliphatic carbocycles. The number of halogens is 5. The zero-order valence-corrected chi connectivity index (χ0v) is 18.7. The molecule has 2 aromatic carbocycles. The lowest BCUT2D eigenvalue weighted by Crippen LogP contribution is -2.38. The number of nitrogens with zero attached hydrogens (tertiary/aromatic N) is 5. The number of anilines is 1. The predicted octanol–water partition coefficient (Wildman–Crippen LogP) is 4.32. The summed E-state index contributed by atoms with van der Waals surface area (Å²) in [6, 6.07) is 14.2. The monoisotopic (exact) mass is 503 g/mol. The van der Waals surface area contributed by atoms with Crippen LogP contribution < -0.4 is 15.1 Å². The fourth-order valence-electron chi connectivity index (χ4n) is 4.03. The van der Waals surface area contributed by atoms with Gasteiger partial charge in [0, 0.05) is 0 Å². The van der Waals surface area contributed by atoms with Crippen LogP contribution in [-0.2, 0) is 0 Å². The van der Waals surface area contributed by atoms with Crippen molar-refractivity contribution < 1.29 is 26.7 Å². The number of rotatable bonds is 5. The highest BCUT2D eigenvalue weighted by Crippen LogP contribution is 2.43. The van der Waals surface area contributed by atoms with Crippen LogP contribution in [0.4, 0.5) is 27.6 Å². The molecular formula is C24H18F5N5O2. The van der Waals surface area contributed by atoms with Gasteiger partial charge in [0.25, 0.3) is 5.43 Å². The Morgan fingerprint density at radius 3 is 2.25 bits per heavy atom. The van der Waals surface area contributed by atoms with Crippen LogP contribution in [-0.4, -0.2) is 51.6 Å². The Balaban J connectivity index is 1.63.